The van der Waals surface area contributed by atoms with Gasteiger partial charge in [0.1, 0.15) is 12.1 Å². The monoisotopic (exact) mass is 421 g/mol. The summed E-state index contributed by atoms with van der Waals surface area (Å²) in [6.45, 7) is 1.42. The number of fused-ring (bicyclic) bond motifs is 1. The molecule has 1 N–H and O–H groups in total. The SMILES string of the molecule is CC(C(=O)Nc1ccc(C#N)c(Cl)c1)N1C(=O)c2cc(Cl)c(Cl)cc2C1=O. The molecule has 27 heavy (non-hydrogen) atoms. The number of nitriles is 1. The molecule has 1 heterocycles. The van der Waals surface area contributed by atoms with Gasteiger partial charge in [-0.05, 0) is 37.3 Å². The zero-order chi connectivity index (χ0) is 19.9. The highest BCUT2D eigenvalue weighted by atomic mass is 35.5. The highest BCUT2D eigenvalue weighted by Gasteiger charge is 2.41. The van der Waals surface area contributed by atoms with E-state index in [1.54, 1.807) is 0 Å². The molecular weight excluding hydrogens is 413 g/mol. The average Bonchev–Trinajstić information content (AvgIpc) is 2.85. The van der Waals surface area contributed by atoms with Crippen LogP contribution in [0.2, 0.25) is 15.1 Å². The summed E-state index contributed by atoms with van der Waals surface area (Å²) in [5.74, 6) is -1.86. The molecule has 0 radical (unpaired) electrons. The Morgan fingerprint density at radius 3 is 2.07 bits per heavy atom. The molecule has 0 fully saturated rings. The second-order valence-electron chi connectivity index (χ2n) is 5.76. The normalized spacial score (nSPS) is 14.0. The number of halogens is 3. The fourth-order valence-electron chi connectivity index (χ4n) is 2.65. The highest BCUT2D eigenvalue weighted by Crippen LogP contribution is 2.32. The van der Waals surface area contributed by atoms with E-state index in [4.69, 9.17) is 40.1 Å². The summed E-state index contributed by atoms with van der Waals surface area (Å²) in [7, 11) is 0. The van der Waals surface area contributed by atoms with Gasteiger partial charge < -0.3 is 5.32 Å². The molecular formula is C18H10Cl3N3O3. The van der Waals surface area contributed by atoms with Crippen LogP contribution in [0.5, 0.6) is 0 Å². The van der Waals surface area contributed by atoms with Gasteiger partial charge in [-0.1, -0.05) is 34.8 Å². The molecule has 2 aromatic carbocycles. The second-order valence-corrected chi connectivity index (χ2v) is 6.99. The zero-order valence-corrected chi connectivity index (χ0v) is 16.0. The number of rotatable bonds is 3. The van der Waals surface area contributed by atoms with Gasteiger partial charge in [-0.3, -0.25) is 19.3 Å². The number of anilines is 1. The third kappa shape index (κ3) is 3.37. The van der Waals surface area contributed by atoms with E-state index in [9.17, 15) is 14.4 Å². The molecule has 3 amide bonds. The number of hydrogen-bond acceptors (Lipinski definition) is 4. The Bertz CT molecular complexity index is 1010. The molecule has 0 bridgehead atoms. The standard InChI is InChI=1S/C18H10Cl3N3O3/c1-8(16(25)23-10-3-2-9(7-22)13(19)4-10)24-17(26)11-5-14(20)15(21)6-12(11)18(24)27/h2-6,8H,1H3,(H,23,25). The quantitative estimate of drug-likeness (QED) is 0.753. The van der Waals surface area contributed by atoms with Crippen molar-refractivity contribution in [2.75, 3.05) is 5.32 Å². The van der Waals surface area contributed by atoms with Crippen LogP contribution in [0.15, 0.2) is 30.3 Å². The predicted octanol–water partition coefficient (Wildman–Crippen LogP) is 4.14. The van der Waals surface area contributed by atoms with Crippen LogP contribution in [-0.2, 0) is 4.79 Å². The van der Waals surface area contributed by atoms with Crippen molar-refractivity contribution in [2.24, 2.45) is 0 Å². The third-order valence-corrected chi connectivity index (χ3v) is 5.12. The highest BCUT2D eigenvalue weighted by molar-refractivity contribution is 6.43. The van der Waals surface area contributed by atoms with Crippen LogP contribution in [0.4, 0.5) is 5.69 Å². The molecule has 0 saturated heterocycles. The number of amides is 3. The lowest BCUT2D eigenvalue weighted by molar-refractivity contribution is -0.119. The van der Waals surface area contributed by atoms with Gasteiger partial charge in [-0.25, -0.2) is 0 Å². The summed E-state index contributed by atoms with van der Waals surface area (Å²) in [6, 6.07) is 7.80. The van der Waals surface area contributed by atoms with E-state index in [0.717, 1.165) is 4.90 Å². The van der Waals surface area contributed by atoms with Crippen molar-refractivity contribution in [2.45, 2.75) is 13.0 Å². The molecule has 0 aliphatic carbocycles. The minimum atomic E-state index is -1.09. The van der Waals surface area contributed by atoms with Crippen LogP contribution < -0.4 is 5.32 Å². The zero-order valence-electron chi connectivity index (χ0n) is 13.7. The Hall–Kier alpha value is -2.59. The fourth-order valence-corrected chi connectivity index (χ4v) is 3.20. The molecule has 1 aliphatic heterocycles. The van der Waals surface area contributed by atoms with Crippen molar-refractivity contribution in [1.29, 1.82) is 5.26 Å². The second kappa shape index (κ2) is 7.20. The lowest BCUT2D eigenvalue weighted by atomic mass is 10.1. The Labute approximate surface area is 169 Å². The van der Waals surface area contributed by atoms with E-state index in [1.807, 2.05) is 6.07 Å². The van der Waals surface area contributed by atoms with Crippen molar-refractivity contribution in [3.63, 3.8) is 0 Å². The van der Waals surface area contributed by atoms with Crippen molar-refractivity contribution in [3.8, 4) is 6.07 Å². The smallest absolute Gasteiger partial charge is 0.262 e. The Morgan fingerprint density at radius 2 is 1.59 bits per heavy atom. The number of hydrogen-bond donors (Lipinski definition) is 1. The van der Waals surface area contributed by atoms with E-state index in [0.29, 0.717) is 5.69 Å². The Balaban J connectivity index is 1.83. The van der Waals surface area contributed by atoms with Gasteiger partial charge in [-0.2, -0.15) is 5.26 Å². The number of benzene rings is 2. The van der Waals surface area contributed by atoms with Gasteiger partial charge in [0.05, 0.1) is 31.8 Å². The first-order valence-corrected chi connectivity index (χ1v) is 8.75. The summed E-state index contributed by atoms with van der Waals surface area (Å²) in [6.07, 6.45) is 0. The van der Waals surface area contributed by atoms with E-state index in [2.05, 4.69) is 5.32 Å². The first-order chi connectivity index (χ1) is 12.7. The maximum Gasteiger partial charge on any atom is 0.262 e. The minimum Gasteiger partial charge on any atom is -0.324 e. The number of nitrogens with zero attached hydrogens (tertiary/aromatic N) is 2. The van der Waals surface area contributed by atoms with Gasteiger partial charge in [-0.15, -0.1) is 0 Å². The number of nitrogens with one attached hydrogen (secondary N) is 1. The van der Waals surface area contributed by atoms with Crippen LogP contribution in [0, 0.1) is 11.3 Å². The third-order valence-electron chi connectivity index (χ3n) is 4.08. The summed E-state index contributed by atoms with van der Waals surface area (Å²) in [4.78, 5) is 38.5. The Kier molecular flexibility index (Phi) is 5.11. The molecule has 0 spiro atoms. The summed E-state index contributed by atoms with van der Waals surface area (Å²) in [5, 5.41) is 11.9. The average molecular weight is 423 g/mol. The molecule has 6 nitrogen and oxygen atoms in total. The number of imide groups is 1. The van der Waals surface area contributed by atoms with Gasteiger partial charge in [0.15, 0.2) is 0 Å². The largest absolute Gasteiger partial charge is 0.324 e. The number of carbonyl (C=O) groups is 3. The lowest BCUT2D eigenvalue weighted by Crippen LogP contribution is -2.45. The van der Waals surface area contributed by atoms with E-state index in [1.165, 1.54) is 37.3 Å². The molecule has 1 unspecified atom stereocenters. The van der Waals surface area contributed by atoms with E-state index >= 15 is 0 Å². The van der Waals surface area contributed by atoms with Gasteiger partial charge in [0.2, 0.25) is 5.91 Å². The molecule has 1 aliphatic rings. The Morgan fingerprint density at radius 1 is 1.04 bits per heavy atom. The summed E-state index contributed by atoms with van der Waals surface area (Å²) in [5.41, 5.74) is 0.779. The van der Waals surface area contributed by atoms with Gasteiger partial charge >= 0.3 is 0 Å². The summed E-state index contributed by atoms with van der Waals surface area (Å²) >= 11 is 17.8. The van der Waals surface area contributed by atoms with Crippen molar-refractivity contribution in [3.05, 3.63) is 62.1 Å². The lowest BCUT2D eigenvalue weighted by Gasteiger charge is -2.21. The van der Waals surface area contributed by atoms with Crippen LogP contribution in [0.3, 0.4) is 0 Å². The molecule has 9 heteroatoms. The molecule has 0 saturated carbocycles. The first kappa shape index (κ1) is 19.2. The summed E-state index contributed by atoms with van der Waals surface area (Å²) < 4.78 is 0. The first-order valence-electron chi connectivity index (χ1n) is 7.62. The minimum absolute atomic E-state index is 0.0930. The van der Waals surface area contributed by atoms with Crippen molar-refractivity contribution >= 4 is 58.2 Å². The molecule has 0 aromatic heterocycles. The van der Waals surface area contributed by atoms with Crippen molar-refractivity contribution in [1.82, 2.24) is 4.90 Å². The molecule has 1 atom stereocenters. The van der Waals surface area contributed by atoms with Crippen LogP contribution in [0.25, 0.3) is 0 Å². The number of carbonyl (C=O) groups excluding carboxylic acids is 3. The maximum absolute atomic E-state index is 12.6. The maximum atomic E-state index is 12.6. The van der Waals surface area contributed by atoms with Crippen molar-refractivity contribution < 1.29 is 14.4 Å². The fraction of sp³-hybridized carbons (Fsp3) is 0.111. The van der Waals surface area contributed by atoms with Crippen LogP contribution in [-0.4, -0.2) is 28.7 Å². The predicted molar refractivity (Wildman–Crippen MR) is 101 cm³/mol. The van der Waals surface area contributed by atoms with Gasteiger partial charge in [0.25, 0.3) is 11.8 Å². The molecule has 2 aromatic rings. The van der Waals surface area contributed by atoms with Crippen LogP contribution in [0.1, 0.15) is 33.2 Å². The molecule has 3 rings (SSSR count). The van der Waals surface area contributed by atoms with Crippen LogP contribution >= 0.6 is 34.8 Å². The van der Waals surface area contributed by atoms with E-state index in [-0.39, 0.29) is 31.8 Å². The van der Waals surface area contributed by atoms with Gasteiger partial charge in [0, 0.05) is 5.69 Å². The topological polar surface area (TPSA) is 90.3 Å². The molecule has 136 valence electrons. The van der Waals surface area contributed by atoms with E-state index < -0.39 is 23.8 Å².